The summed E-state index contributed by atoms with van der Waals surface area (Å²) >= 11 is 1.79. The van der Waals surface area contributed by atoms with Crippen LogP contribution < -0.4 is 0 Å². The van der Waals surface area contributed by atoms with Gasteiger partial charge in [-0.25, -0.2) is 4.79 Å². The summed E-state index contributed by atoms with van der Waals surface area (Å²) in [5.41, 5.74) is 0.209. The van der Waals surface area contributed by atoms with Crippen LogP contribution in [0.2, 0.25) is 0 Å². The smallest absolute Gasteiger partial charge is 0.338 e. The molecule has 0 saturated carbocycles. The standard InChI is InChI=1S/C11H17NO3S/c1-8(7-16-3)12(2)5-10-4-9(6-15-10)11(13)14/h4,6,8H,5,7H2,1-3H3,(H,13,14). The van der Waals surface area contributed by atoms with Gasteiger partial charge in [-0.05, 0) is 26.3 Å². The van der Waals surface area contributed by atoms with Crippen LogP contribution in [0.3, 0.4) is 0 Å². The van der Waals surface area contributed by atoms with Gasteiger partial charge in [0.2, 0.25) is 0 Å². The topological polar surface area (TPSA) is 53.7 Å². The number of rotatable bonds is 6. The minimum atomic E-state index is -0.949. The number of aromatic carboxylic acids is 1. The molecule has 1 rings (SSSR count). The molecule has 1 N–H and O–H groups in total. The SMILES string of the molecule is CSCC(C)N(C)Cc1cc(C(=O)O)co1. The van der Waals surface area contributed by atoms with Crippen LogP contribution in [0.15, 0.2) is 16.7 Å². The van der Waals surface area contributed by atoms with Crippen LogP contribution in [0.5, 0.6) is 0 Å². The van der Waals surface area contributed by atoms with Gasteiger partial charge < -0.3 is 9.52 Å². The van der Waals surface area contributed by atoms with Crippen molar-refractivity contribution < 1.29 is 14.3 Å². The average Bonchev–Trinajstić information content (AvgIpc) is 2.66. The molecule has 90 valence electrons. The average molecular weight is 243 g/mol. The van der Waals surface area contributed by atoms with Crippen LogP contribution in [0.1, 0.15) is 23.0 Å². The lowest BCUT2D eigenvalue weighted by atomic mass is 10.3. The molecule has 0 aliphatic heterocycles. The van der Waals surface area contributed by atoms with Crippen molar-refractivity contribution in [2.75, 3.05) is 19.1 Å². The van der Waals surface area contributed by atoms with Gasteiger partial charge in [0.05, 0.1) is 12.1 Å². The predicted octanol–water partition coefficient (Wildman–Crippen LogP) is 2.16. The van der Waals surface area contributed by atoms with Crippen molar-refractivity contribution in [1.29, 1.82) is 0 Å². The van der Waals surface area contributed by atoms with E-state index in [4.69, 9.17) is 9.52 Å². The zero-order valence-corrected chi connectivity index (χ0v) is 10.6. The number of carboxylic acids is 1. The lowest BCUT2D eigenvalue weighted by Crippen LogP contribution is -2.30. The lowest BCUT2D eigenvalue weighted by molar-refractivity contribution is 0.0696. The Labute approximate surface area is 99.6 Å². The fourth-order valence-electron chi connectivity index (χ4n) is 1.35. The number of nitrogens with zero attached hydrogens (tertiary/aromatic N) is 1. The quantitative estimate of drug-likeness (QED) is 0.829. The minimum absolute atomic E-state index is 0.209. The minimum Gasteiger partial charge on any atom is -0.478 e. The van der Waals surface area contributed by atoms with E-state index in [9.17, 15) is 4.79 Å². The Morgan fingerprint density at radius 3 is 2.88 bits per heavy atom. The molecule has 1 unspecified atom stereocenters. The van der Waals surface area contributed by atoms with Gasteiger partial charge in [-0.1, -0.05) is 0 Å². The van der Waals surface area contributed by atoms with Crippen LogP contribution in [-0.4, -0.2) is 41.1 Å². The molecule has 0 bridgehead atoms. The third-order valence-electron chi connectivity index (χ3n) is 2.47. The molecule has 0 aliphatic carbocycles. The van der Waals surface area contributed by atoms with E-state index in [0.717, 1.165) is 5.75 Å². The van der Waals surface area contributed by atoms with Crippen molar-refractivity contribution in [3.8, 4) is 0 Å². The van der Waals surface area contributed by atoms with E-state index in [1.807, 2.05) is 7.05 Å². The summed E-state index contributed by atoms with van der Waals surface area (Å²) in [6, 6.07) is 2.01. The Hall–Kier alpha value is -0.940. The molecular weight excluding hydrogens is 226 g/mol. The van der Waals surface area contributed by atoms with Gasteiger partial charge in [0, 0.05) is 11.8 Å². The van der Waals surface area contributed by atoms with Crippen molar-refractivity contribution in [2.45, 2.75) is 19.5 Å². The maximum Gasteiger partial charge on any atom is 0.338 e. The van der Waals surface area contributed by atoms with Gasteiger partial charge >= 0.3 is 5.97 Å². The van der Waals surface area contributed by atoms with Crippen molar-refractivity contribution >= 4 is 17.7 Å². The Morgan fingerprint density at radius 1 is 1.69 bits per heavy atom. The summed E-state index contributed by atoms with van der Waals surface area (Å²) < 4.78 is 5.20. The third-order valence-corrected chi connectivity index (χ3v) is 3.28. The highest BCUT2D eigenvalue weighted by Gasteiger charge is 2.13. The first kappa shape index (κ1) is 13.1. The van der Waals surface area contributed by atoms with Crippen LogP contribution >= 0.6 is 11.8 Å². The van der Waals surface area contributed by atoms with E-state index in [-0.39, 0.29) is 5.56 Å². The molecule has 0 fully saturated rings. The second kappa shape index (κ2) is 5.96. The maximum absolute atomic E-state index is 10.7. The molecule has 16 heavy (non-hydrogen) atoms. The molecule has 0 radical (unpaired) electrons. The van der Waals surface area contributed by atoms with E-state index in [1.165, 1.54) is 6.26 Å². The molecule has 0 aromatic carbocycles. The van der Waals surface area contributed by atoms with E-state index in [1.54, 1.807) is 17.8 Å². The highest BCUT2D eigenvalue weighted by atomic mass is 32.2. The fraction of sp³-hybridized carbons (Fsp3) is 0.545. The molecular formula is C11H17NO3S. The van der Waals surface area contributed by atoms with Crippen LogP contribution in [0.4, 0.5) is 0 Å². The molecule has 1 aromatic heterocycles. The van der Waals surface area contributed by atoms with Crippen LogP contribution in [0, 0.1) is 0 Å². The monoisotopic (exact) mass is 243 g/mol. The van der Waals surface area contributed by atoms with Crippen molar-refractivity contribution in [3.63, 3.8) is 0 Å². The van der Waals surface area contributed by atoms with Gasteiger partial charge in [0.15, 0.2) is 0 Å². The van der Waals surface area contributed by atoms with Gasteiger partial charge in [-0.3, -0.25) is 4.90 Å². The number of hydrogen-bond acceptors (Lipinski definition) is 4. The second-order valence-corrected chi connectivity index (χ2v) is 4.74. The first-order chi connectivity index (χ1) is 7.54. The van der Waals surface area contributed by atoms with Gasteiger partial charge in [-0.2, -0.15) is 11.8 Å². The predicted molar refractivity (Wildman–Crippen MR) is 65.0 cm³/mol. The van der Waals surface area contributed by atoms with Crippen molar-refractivity contribution in [2.24, 2.45) is 0 Å². The largest absolute Gasteiger partial charge is 0.478 e. The Bertz CT molecular complexity index is 351. The maximum atomic E-state index is 10.7. The zero-order valence-electron chi connectivity index (χ0n) is 9.77. The summed E-state index contributed by atoms with van der Waals surface area (Å²) in [5, 5.41) is 8.75. The highest BCUT2D eigenvalue weighted by molar-refractivity contribution is 7.98. The molecule has 0 spiro atoms. The van der Waals surface area contributed by atoms with Crippen LogP contribution in [-0.2, 0) is 6.54 Å². The third kappa shape index (κ3) is 3.57. The number of furan rings is 1. The Kier molecular flexibility index (Phi) is 4.89. The first-order valence-corrected chi connectivity index (χ1v) is 6.44. The van der Waals surface area contributed by atoms with Crippen molar-refractivity contribution in [3.05, 3.63) is 23.7 Å². The Balaban J connectivity index is 2.55. The fourth-order valence-corrected chi connectivity index (χ4v) is 2.08. The number of carbonyl (C=O) groups is 1. The summed E-state index contributed by atoms with van der Waals surface area (Å²) in [5.74, 6) is 0.783. The highest BCUT2D eigenvalue weighted by Crippen LogP contribution is 2.12. The number of carboxylic acid groups (broad SMARTS) is 1. The van der Waals surface area contributed by atoms with Gasteiger partial charge in [0.1, 0.15) is 12.0 Å². The Morgan fingerprint density at radius 2 is 2.38 bits per heavy atom. The molecule has 1 aromatic rings. The molecule has 5 heteroatoms. The first-order valence-electron chi connectivity index (χ1n) is 5.04. The number of hydrogen-bond donors (Lipinski definition) is 1. The second-order valence-electron chi connectivity index (χ2n) is 3.83. The van der Waals surface area contributed by atoms with Crippen molar-refractivity contribution in [1.82, 2.24) is 4.90 Å². The van der Waals surface area contributed by atoms with Gasteiger partial charge in [0.25, 0.3) is 0 Å². The molecule has 0 aliphatic rings. The molecule has 0 amide bonds. The summed E-state index contributed by atoms with van der Waals surface area (Å²) in [6.45, 7) is 2.77. The zero-order chi connectivity index (χ0) is 12.1. The summed E-state index contributed by atoms with van der Waals surface area (Å²) in [4.78, 5) is 12.8. The lowest BCUT2D eigenvalue weighted by Gasteiger charge is -2.22. The van der Waals surface area contributed by atoms with Gasteiger partial charge in [-0.15, -0.1) is 0 Å². The molecule has 0 saturated heterocycles. The van der Waals surface area contributed by atoms with Crippen LogP contribution in [0.25, 0.3) is 0 Å². The van der Waals surface area contributed by atoms with E-state index >= 15 is 0 Å². The molecule has 1 atom stereocenters. The molecule has 4 nitrogen and oxygen atoms in total. The number of thioether (sulfide) groups is 1. The summed E-state index contributed by atoms with van der Waals surface area (Å²) in [6.07, 6.45) is 3.35. The van der Waals surface area contributed by atoms with E-state index < -0.39 is 5.97 Å². The van der Waals surface area contributed by atoms with E-state index in [0.29, 0.717) is 18.3 Å². The molecule has 1 heterocycles. The summed E-state index contributed by atoms with van der Waals surface area (Å²) in [7, 11) is 2.00. The normalized spacial score (nSPS) is 13.0. The van der Waals surface area contributed by atoms with E-state index in [2.05, 4.69) is 18.1 Å².